The number of methoxy groups -OCH3 is 1. The van der Waals surface area contributed by atoms with Gasteiger partial charge in [-0.3, -0.25) is 19.2 Å². The third-order valence-corrected chi connectivity index (χ3v) is 8.33. The van der Waals surface area contributed by atoms with Crippen LogP contribution in [0, 0.1) is 0 Å². The fraction of sp³-hybridized carbons (Fsp3) is 0.0270. The number of carbonyl (C=O) groups is 6. The van der Waals surface area contributed by atoms with Crippen LogP contribution >= 0.6 is 0 Å². The standard InChI is InChI=1S/C37H23N3O9/c1-49-27-14-12-24(13-15-27)38(22-4-8-25(9-5-22)39-32(41)28-16-2-20(36(45)46)18-30(28)34(39)43)23-6-10-26(11-7-23)40-33(42)29-17-3-21(37(47)48)19-31(29)35(40)44/h2-19H,1H3,(H,45,46)(H,47,48). The van der Waals surface area contributed by atoms with Crippen LogP contribution in [0.15, 0.2) is 109 Å². The molecule has 0 bridgehead atoms. The third-order valence-electron chi connectivity index (χ3n) is 8.33. The van der Waals surface area contributed by atoms with Crippen molar-refractivity contribution in [2.45, 2.75) is 0 Å². The molecular formula is C37H23N3O9. The van der Waals surface area contributed by atoms with Crippen LogP contribution in [0.5, 0.6) is 5.75 Å². The van der Waals surface area contributed by atoms with Gasteiger partial charge in [-0.2, -0.15) is 0 Å². The Hall–Kier alpha value is -7.08. The molecule has 49 heavy (non-hydrogen) atoms. The molecular weight excluding hydrogens is 630 g/mol. The number of nitrogens with zero attached hydrogens (tertiary/aromatic N) is 3. The fourth-order valence-electron chi connectivity index (χ4n) is 5.90. The van der Waals surface area contributed by atoms with Crippen molar-refractivity contribution in [1.29, 1.82) is 0 Å². The molecule has 2 aliphatic rings. The second-order valence-electron chi connectivity index (χ2n) is 11.1. The Kier molecular flexibility index (Phi) is 7.25. The van der Waals surface area contributed by atoms with Gasteiger partial charge in [0.05, 0.1) is 51.9 Å². The van der Waals surface area contributed by atoms with E-state index in [1.807, 2.05) is 17.0 Å². The minimum atomic E-state index is -1.21. The molecule has 2 heterocycles. The van der Waals surface area contributed by atoms with Crippen LogP contribution in [-0.2, 0) is 0 Å². The highest BCUT2D eigenvalue weighted by molar-refractivity contribution is 6.35. The van der Waals surface area contributed by atoms with Gasteiger partial charge >= 0.3 is 11.9 Å². The van der Waals surface area contributed by atoms with Crippen molar-refractivity contribution in [3.8, 4) is 5.75 Å². The maximum atomic E-state index is 13.2. The lowest BCUT2D eigenvalue weighted by atomic mass is 10.1. The van der Waals surface area contributed by atoms with Gasteiger partial charge in [0.1, 0.15) is 5.75 Å². The molecule has 0 unspecified atom stereocenters. The van der Waals surface area contributed by atoms with Gasteiger partial charge in [-0.05, 0) is 109 Å². The number of carboxylic acids is 2. The van der Waals surface area contributed by atoms with Crippen LogP contribution < -0.4 is 19.4 Å². The zero-order chi connectivity index (χ0) is 34.6. The number of fused-ring (bicyclic) bond motifs is 2. The molecule has 5 aromatic rings. The smallest absolute Gasteiger partial charge is 0.335 e. The van der Waals surface area contributed by atoms with Gasteiger partial charge in [0, 0.05) is 17.1 Å². The Balaban J connectivity index is 1.21. The van der Waals surface area contributed by atoms with E-state index in [1.165, 1.54) is 36.4 Å². The number of anilines is 5. The van der Waals surface area contributed by atoms with E-state index < -0.39 is 35.6 Å². The van der Waals surface area contributed by atoms with Gasteiger partial charge in [-0.25, -0.2) is 19.4 Å². The summed E-state index contributed by atoms with van der Waals surface area (Å²) in [7, 11) is 1.55. The second kappa shape index (κ2) is 11.6. The molecule has 0 spiro atoms. The molecule has 0 saturated carbocycles. The Morgan fingerprint density at radius 1 is 0.510 bits per heavy atom. The van der Waals surface area contributed by atoms with Crippen LogP contribution in [0.25, 0.3) is 0 Å². The van der Waals surface area contributed by atoms with Crippen molar-refractivity contribution in [2.75, 3.05) is 21.8 Å². The first-order valence-corrected chi connectivity index (χ1v) is 14.7. The van der Waals surface area contributed by atoms with Crippen LogP contribution in [-0.4, -0.2) is 52.9 Å². The van der Waals surface area contributed by atoms with Crippen molar-refractivity contribution in [2.24, 2.45) is 0 Å². The number of carbonyl (C=O) groups excluding carboxylic acids is 4. The highest BCUT2D eigenvalue weighted by Crippen LogP contribution is 2.39. The van der Waals surface area contributed by atoms with Gasteiger partial charge in [0.2, 0.25) is 0 Å². The summed E-state index contributed by atoms with van der Waals surface area (Å²) < 4.78 is 5.32. The number of aromatic carboxylic acids is 2. The number of benzene rings is 5. The summed E-state index contributed by atoms with van der Waals surface area (Å²) in [5, 5.41) is 18.7. The Labute approximate surface area is 277 Å². The summed E-state index contributed by atoms with van der Waals surface area (Å²) in [6, 6.07) is 28.1. The van der Waals surface area contributed by atoms with Crippen molar-refractivity contribution < 1.29 is 43.7 Å². The lowest BCUT2D eigenvalue weighted by Crippen LogP contribution is -2.29. The van der Waals surface area contributed by atoms with E-state index >= 15 is 0 Å². The van der Waals surface area contributed by atoms with Crippen molar-refractivity contribution in [3.63, 3.8) is 0 Å². The molecule has 0 atom stereocenters. The molecule has 12 nitrogen and oxygen atoms in total. The second-order valence-corrected chi connectivity index (χ2v) is 11.1. The molecule has 0 aromatic heterocycles. The maximum Gasteiger partial charge on any atom is 0.335 e. The number of ether oxygens (including phenoxy) is 1. The van der Waals surface area contributed by atoms with E-state index in [2.05, 4.69) is 0 Å². The third kappa shape index (κ3) is 5.04. The average molecular weight is 654 g/mol. The molecule has 0 aliphatic carbocycles. The van der Waals surface area contributed by atoms with Crippen LogP contribution in [0.4, 0.5) is 28.4 Å². The number of hydrogen-bond acceptors (Lipinski definition) is 8. The Morgan fingerprint density at radius 2 is 0.857 bits per heavy atom. The monoisotopic (exact) mass is 653 g/mol. The maximum absolute atomic E-state index is 13.2. The fourth-order valence-corrected chi connectivity index (χ4v) is 5.90. The number of rotatable bonds is 8. The van der Waals surface area contributed by atoms with E-state index in [4.69, 9.17) is 4.74 Å². The van der Waals surface area contributed by atoms with E-state index in [1.54, 1.807) is 67.8 Å². The highest BCUT2D eigenvalue weighted by atomic mass is 16.5. The number of amides is 4. The Morgan fingerprint density at radius 3 is 1.20 bits per heavy atom. The molecule has 0 fully saturated rings. The minimum Gasteiger partial charge on any atom is -0.497 e. The minimum absolute atomic E-state index is 0.00862. The molecule has 2 N–H and O–H groups in total. The quantitative estimate of drug-likeness (QED) is 0.186. The summed E-state index contributed by atoms with van der Waals surface area (Å²) in [5.74, 6) is -4.20. The van der Waals surface area contributed by atoms with E-state index in [-0.39, 0.29) is 44.8 Å². The molecule has 12 heteroatoms. The summed E-state index contributed by atoms with van der Waals surface area (Å²) >= 11 is 0. The first-order valence-electron chi connectivity index (χ1n) is 14.7. The van der Waals surface area contributed by atoms with Gasteiger partial charge in [0.25, 0.3) is 23.6 Å². The number of hydrogen-bond donors (Lipinski definition) is 2. The predicted molar refractivity (Wildman–Crippen MR) is 177 cm³/mol. The zero-order valence-corrected chi connectivity index (χ0v) is 25.5. The van der Waals surface area contributed by atoms with Crippen LogP contribution in [0.2, 0.25) is 0 Å². The number of imide groups is 2. The van der Waals surface area contributed by atoms with E-state index in [0.717, 1.165) is 9.80 Å². The van der Waals surface area contributed by atoms with Gasteiger partial charge < -0.3 is 19.8 Å². The zero-order valence-electron chi connectivity index (χ0n) is 25.5. The van der Waals surface area contributed by atoms with Gasteiger partial charge in [-0.15, -0.1) is 0 Å². The summed E-state index contributed by atoms with van der Waals surface area (Å²) in [5.41, 5.74) is 2.58. The molecule has 4 amide bonds. The van der Waals surface area contributed by atoms with Crippen LogP contribution in [0.1, 0.15) is 62.1 Å². The molecule has 5 aromatic carbocycles. The van der Waals surface area contributed by atoms with Crippen LogP contribution in [0.3, 0.4) is 0 Å². The van der Waals surface area contributed by atoms with Crippen molar-refractivity contribution >= 4 is 64.0 Å². The average Bonchev–Trinajstić information content (AvgIpc) is 3.52. The molecule has 0 saturated heterocycles. The lowest BCUT2D eigenvalue weighted by molar-refractivity contribution is 0.0686. The van der Waals surface area contributed by atoms with E-state index in [9.17, 15) is 39.0 Å². The lowest BCUT2D eigenvalue weighted by Gasteiger charge is -2.27. The van der Waals surface area contributed by atoms with E-state index in [0.29, 0.717) is 22.8 Å². The summed E-state index contributed by atoms with van der Waals surface area (Å²) in [4.78, 5) is 79.5. The van der Waals surface area contributed by atoms with Gasteiger partial charge in [-0.1, -0.05) is 0 Å². The summed E-state index contributed by atoms with van der Waals surface area (Å²) in [6.45, 7) is 0. The molecule has 2 aliphatic heterocycles. The van der Waals surface area contributed by atoms with Gasteiger partial charge in [0.15, 0.2) is 0 Å². The largest absolute Gasteiger partial charge is 0.497 e. The normalized spacial score (nSPS) is 13.4. The van der Waals surface area contributed by atoms with Crippen molar-refractivity contribution in [1.82, 2.24) is 0 Å². The number of carboxylic acid groups (broad SMARTS) is 2. The first kappa shape index (κ1) is 30.6. The molecule has 240 valence electrons. The van der Waals surface area contributed by atoms with Crippen molar-refractivity contribution in [3.05, 3.63) is 143 Å². The predicted octanol–water partition coefficient (Wildman–Crippen LogP) is 6.16. The highest BCUT2D eigenvalue weighted by Gasteiger charge is 2.38. The SMILES string of the molecule is COc1ccc(N(c2ccc(N3C(=O)c4ccc(C(=O)O)cc4C3=O)cc2)c2ccc(N3C(=O)c4ccc(C(=O)O)cc4C3=O)cc2)cc1. The molecule has 0 radical (unpaired) electrons. The summed E-state index contributed by atoms with van der Waals surface area (Å²) in [6.07, 6.45) is 0. The molecule has 7 rings (SSSR count). The first-order chi connectivity index (χ1) is 23.6. The Bertz CT molecular complexity index is 2110. The topological polar surface area (TPSA) is 162 Å².